The fourth-order valence-electron chi connectivity index (χ4n) is 1.94. The second kappa shape index (κ2) is 7.81. The normalized spacial score (nSPS) is 11.2. The van der Waals surface area contributed by atoms with Crippen molar-refractivity contribution in [3.05, 3.63) is 29.3 Å². The number of hydrogen-bond donors (Lipinski definition) is 0. The Hall–Kier alpha value is -1.85. The van der Waals surface area contributed by atoms with Gasteiger partial charge in [-0.05, 0) is 18.1 Å². The van der Waals surface area contributed by atoms with E-state index in [9.17, 15) is 22.8 Å². The summed E-state index contributed by atoms with van der Waals surface area (Å²) in [5.41, 5.74) is -1.25. The highest BCUT2D eigenvalue weighted by Crippen LogP contribution is 2.39. The lowest BCUT2D eigenvalue weighted by Crippen LogP contribution is -2.16. The molecule has 1 aromatic carbocycles. The zero-order valence-corrected chi connectivity index (χ0v) is 11.7. The summed E-state index contributed by atoms with van der Waals surface area (Å²) in [6, 6.07) is 3.63. The first-order chi connectivity index (χ1) is 9.90. The summed E-state index contributed by atoms with van der Waals surface area (Å²) >= 11 is 0. The van der Waals surface area contributed by atoms with Crippen molar-refractivity contribution in [1.29, 1.82) is 0 Å². The van der Waals surface area contributed by atoms with Crippen molar-refractivity contribution < 1.29 is 27.5 Å². The highest BCUT2D eigenvalue weighted by atomic mass is 19.4. The number of carbonyl (C=O) groups excluding carboxylic acids is 2. The summed E-state index contributed by atoms with van der Waals surface area (Å²) in [6.45, 7) is 1.95. The van der Waals surface area contributed by atoms with Gasteiger partial charge in [0.1, 0.15) is 17.6 Å². The average molecular weight is 302 g/mol. The lowest BCUT2D eigenvalue weighted by Gasteiger charge is -2.16. The molecule has 0 unspecified atom stereocenters. The van der Waals surface area contributed by atoms with Crippen molar-refractivity contribution in [1.82, 2.24) is 0 Å². The minimum atomic E-state index is -4.68. The molecule has 3 nitrogen and oxygen atoms in total. The molecule has 0 saturated heterocycles. The van der Waals surface area contributed by atoms with E-state index in [1.807, 2.05) is 6.92 Å². The smallest absolute Gasteiger partial charge is 0.420 e. The summed E-state index contributed by atoms with van der Waals surface area (Å²) in [6.07, 6.45) is -2.32. The summed E-state index contributed by atoms with van der Waals surface area (Å²) in [4.78, 5) is 22.1. The van der Waals surface area contributed by atoms with Gasteiger partial charge in [0.15, 0.2) is 0 Å². The SMILES string of the molecule is CCCCCC(=O)Oc1cccc(CC=O)c1C(F)(F)F. The first-order valence-electron chi connectivity index (χ1n) is 6.73. The van der Waals surface area contributed by atoms with E-state index in [0.717, 1.165) is 18.9 Å². The Bertz CT molecular complexity index is 495. The summed E-state index contributed by atoms with van der Waals surface area (Å²) in [7, 11) is 0. The topological polar surface area (TPSA) is 43.4 Å². The van der Waals surface area contributed by atoms with Crippen LogP contribution in [0.5, 0.6) is 5.75 Å². The van der Waals surface area contributed by atoms with E-state index < -0.39 is 23.5 Å². The Morgan fingerprint density at radius 1 is 1.29 bits per heavy atom. The second-order valence-corrected chi connectivity index (χ2v) is 4.59. The van der Waals surface area contributed by atoms with Gasteiger partial charge in [-0.2, -0.15) is 13.2 Å². The third-order valence-electron chi connectivity index (χ3n) is 2.91. The largest absolute Gasteiger partial charge is 0.426 e. The van der Waals surface area contributed by atoms with Gasteiger partial charge >= 0.3 is 12.1 Å². The van der Waals surface area contributed by atoms with E-state index in [1.54, 1.807) is 0 Å². The molecule has 21 heavy (non-hydrogen) atoms. The van der Waals surface area contributed by atoms with Crippen molar-refractivity contribution in [3.63, 3.8) is 0 Å². The predicted octanol–water partition coefficient (Wildman–Crippen LogP) is 3.93. The molecule has 0 bridgehead atoms. The molecular formula is C15H17F3O3. The van der Waals surface area contributed by atoms with Crippen LogP contribution < -0.4 is 4.74 Å². The van der Waals surface area contributed by atoms with Gasteiger partial charge in [0, 0.05) is 12.8 Å². The Labute approximate surface area is 121 Å². The summed E-state index contributed by atoms with van der Waals surface area (Å²) in [5, 5.41) is 0. The third-order valence-corrected chi connectivity index (χ3v) is 2.91. The molecular weight excluding hydrogens is 285 g/mol. The van der Waals surface area contributed by atoms with Crippen LogP contribution in [0.25, 0.3) is 0 Å². The van der Waals surface area contributed by atoms with Crippen molar-refractivity contribution in [2.45, 2.75) is 45.2 Å². The van der Waals surface area contributed by atoms with Gasteiger partial charge in [0.05, 0.1) is 0 Å². The maximum atomic E-state index is 13.1. The van der Waals surface area contributed by atoms with Crippen LogP contribution in [-0.2, 0) is 22.2 Å². The molecule has 1 rings (SSSR count). The van der Waals surface area contributed by atoms with Gasteiger partial charge in [-0.25, -0.2) is 0 Å². The van der Waals surface area contributed by atoms with Crippen molar-refractivity contribution in [2.75, 3.05) is 0 Å². The van der Waals surface area contributed by atoms with E-state index in [1.165, 1.54) is 12.1 Å². The number of benzene rings is 1. The zero-order chi connectivity index (χ0) is 15.9. The minimum absolute atomic E-state index is 0.0725. The molecule has 1 aromatic rings. The number of esters is 1. The molecule has 116 valence electrons. The maximum absolute atomic E-state index is 13.1. The monoisotopic (exact) mass is 302 g/mol. The number of ether oxygens (including phenoxy) is 1. The van der Waals surface area contributed by atoms with E-state index in [-0.39, 0.29) is 18.4 Å². The number of carbonyl (C=O) groups is 2. The molecule has 0 spiro atoms. The first-order valence-corrected chi connectivity index (χ1v) is 6.73. The molecule has 0 fully saturated rings. The van der Waals surface area contributed by atoms with Crippen LogP contribution in [0, 0.1) is 0 Å². The molecule has 0 amide bonds. The van der Waals surface area contributed by atoms with Gasteiger partial charge in [-0.3, -0.25) is 4.79 Å². The number of unbranched alkanes of at least 4 members (excludes halogenated alkanes) is 2. The van der Waals surface area contributed by atoms with E-state index in [0.29, 0.717) is 12.7 Å². The fourth-order valence-corrected chi connectivity index (χ4v) is 1.94. The highest BCUT2D eigenvalue weighted by Gasteiger charge is 2.37. The van der Waals surface area contributed by atoms with E-state index in [4.69, 9.17) is 4.74 Å². The molecule has 0 aliphatic carbocycles. The fraction of sp³-hybridized carbons (Fsp3) is 0.467. The zero-order valence-electron chi connectivity index (χ0n) is 11.7. The van der Waals surface area contributed by atoms with Gasteiger partial charge < -0.3 is 9.53 Å². The number of alkyl halides is 3. The van der Waals surface area contributed by atoms with Gasteiger partial charge in [-0.1, -0.05) is 31.9 Å². The molecule has 0 atom stereocenters. The Morgan fingerprint density at radius 3 is 2.57 bits per heavy atom. The van der Waals surface area contributed by atoms with E-state index >= 15 is 0 Å². The van der Waals surface area contributed by atoms with E-state index in [2.05, 4.69) is 0 Å². The second-order valence-electron chi connectivity index (χ2n) is 4.59. The Morgan fingerprint density at radius 2 is 2.00 bits per heavy atom. The molecule has 6 heteroatoms. The van der Waals surface area contributed by atoms with Crippen LogP contribution in [0.3, 0.4) is 0 Å². The summed E-state index contributed by atoms with van der Waals surface area (Å²) in [5.74, 6) is -1.24. The molecule has 0 aromatic heterocycles. The number of rotatable bonds is 7. The lowest BCUT2D eigenvalue weighted by molar-refractivity contribution is -0.142. The number of hydrogen-bond acceptors (Lipinski definition) is 3. The van der Waals surface area contributed by atoms with Crippen LogP contribution in [0.15, 0.2) is 18.2 Å². The Kier molecular flexibility index (Phi) is 6.39. The molecule has 0 aliphatic heterocycles. The van der Waals surface area contributed by atoms with Crippen LogP contribution in [-0.4, -0.2) is 12.3 Å². The molecule has 0 heterocycles. The first kappa shape index (κ1) is 17.2. The minimum Gasteiger partial charge on any atom is -0.426 e. The quantitative estimate of drug-likeness (QED) is 0.332. The van der Waals surface area contributed by atoms with Crippen LogP contribution >= 0.6 is 0 Å². The predicted molar refractivity (Wildman–Crippen MR) is 71.0 cm³/mol. The third kappa shape index (κ3) is 5.21. The van der Waals surface area contributed by atoms with Gasteiger partial charge in [0.25, 0.3) is 0 Å². The number of halogens is 3. The molecule has 0 saturated carbocycles. The van der Waals surface area contributed by atoms with Crippen molar-refractivity contribution in [2.24, 2.45) is 0 Å². The molecule has 0 aliphatic rings. The lowest BCUT2D eigenvalue weighted by atomic mass is 10.0. The summed E-state index contributed by atoms with van der Waals surface area (Å²) < 4.78 is 44.1. The average Bonchev–Trinajstić information content (AvgIpc) is 2.38. The number of aldehydes is 1. The van der Waals surface area contributed by atoms with Crippen LogP contribution in [0.4, 0.5) is 13.2 Å². The standard InChI is InChI=1S/C15H17F3O3/c1-2-3-4-8-13(20)21-12-7-5-6-11(9-10-19)14(12)15(16,17)18/h5-7,10H,2-4,8-9H2,1H3. The molecule has 0 N–H and O–H groups in total. The highest BCUT2D eigenvalue weighted by molar-refractivity contribution is 5.73. The van der Waals surface area contributed by atoms with Crippen molar-refractivity contribution in [3.8, 4) is 5.75 Å². The van der Waals surface area contributed by atoms with Gasteiger partial charge in [-0.15, -0.1) is 0 Å². The molecule has 0 radical (unpaired) electrons. The van der Waals surface area contributed by atoms with Crippen LogP contribution in [0.2, 0.25) is 0 Å². The van der Waals surface area contributed by atoms with Crippen molar-refractivity contribution >= 4 is 12.3 Å². The maximum Gasteiger partial charge on any atom is 0.420 e. The Balaban J connectivity index is 2.98. The van der Waals surface area contributed by atoms with Crippen LogP contribution in [0.1, 0.15) is 43.7 Å². The van der Waals surface area contributed by atoms with Gasteiger partial charge in [0.2, 0.25) is 0 Å².